The minimum absolute atomic E-state index is 0.0538. The molecule has 1 atom stereocenters. The highest BCUT2D eigenvalue weighted by molar-refractivity contribution is 5.94. The number of nitrogens with one attached hydrogen (secondary N) is 1. The van der Waals surface area contributed by atoms with E-state index in [-0.39, 0.29) is 5.91 Å². The van der Waals surface area contributed by atoms with Gasteiger partial charge in [-0.1, -0.05) is 57.2 Å². The summed E-state index contributed by atoms with van der Waals surface area (Å²) in [7, 11) is 1.68. The average Bonchev–Trinajstić information content (AvgIpc) is 3.12. The minimum Gasteiger partial charge on any atom is -0.355 e. The Morgan fingerprint density at radius 3 is 2.48 bits per heavy atom. The Hall–Kier alpha value is -2.81. The van der Waals surface area contributed by atoms with Crippen molar-refractivity contribution < 1.29 is 4.79 Å². The van der Waals surface area contributed by atoms with Crippen LogP contribution in [0, 0.1) is 11.3 Å². The van der Waals surface area contributed by atoms with Crippen molar-refractivity contribution in [1.82, 2.24) is 9.88 Å². The van der Waals surface area contributed by atoms with Gasteiger partial charge in [0.25, 0.3) is 5.91 Å². The van der Waals surface area contributed by atoms with E-state index in [1.54, 1.807) is 7.05 Å². The number of rotatable bonds is 3. The minimum atomic E-state index is -0.0538. The fraction of sp³-hybridized carbons (Fsp3) is 0.346. The Morgan fingerprint density at radius 1 is 1.03 bits per heavy atom. The Balaban J connectivity index is 1.87. The molecular formula is C26H30N2O. The Bertz CT molecular complexity index is 1020. The van der Waals surface area contributed by atoms with Crippen LogP contribution in [0.3, 0.4) is 0 Å². The maximum absolute atomic E-state index is 12.2. The average molecular weight is 387 g/mol. The van der Waals surface area contributed by atoms with Crippen LogP contribution in [0.15, 0.2) is 60.7 Å². The van der Waals surface area contributed by atoms with Gasteiger partial charge in [0, 0.05) is 24.0 Å². The fourth-order valence-corrected chi connectivity index (χ4v) is 4.52. The second kappa shape index (κ2) is 7.55. The lowest BCUT2D eigenvalue weighted by molar-refractivity contribution is 0.0963. The molecule has 1 N–H and O–H groups in total. The molecule has 0 spiro atoms. The zero-order valence-corrected chi connectivity index (χ0v) is 17.8. The Labute approximate surface area is 173 Å². The molecule has 150 valence electrons. The summed E-state index contributed by atoms with van der Waals surface area (Å²) >= 11 is 0. The van der Waals surface area contributed by atoms with Gasteiger partial charge in [-0.3, -0.25) is 4.79 Å². The first-order valence-electron chi connectivity index (χ1n) is 10.5. The number of amides is 1. The van der Waals surface area contributed by atoms with E-state index in [2.05, 4.69) is 73.1 Å². The molecule has 1 aliphatic carbocycles. The summed E-state index contributed by atoms with van der Waals surface area (Å²) in [5.74, 6) is 0.633. The number of nitrogens with zero attached hydrogens (tertiary/aromatic N) is 1. The van der Waals surface area contributed by atoms with E-state index in [9.17, 15) is 4.79 Å². The highest BCUT2D eigenvalue weighted by Gasteiger charge is 2.31. The molecule has 1 heterocycles. The normalized spacial score (nSPS) is 16.3. The molecule has 29 heavy (non-hydrogen) atoms. The van der Waals surface area contributed by atoms with Gasteiger partial charge in [-0.25, -0.2) is 0 Å². The first-order valence-corrected chi connectivity index (χ1v) is 10.5. The molecule has 3 aromatic rings. The third-order valence-electron chi connectivity index (χ3n) is 6.28. The van der Waals surface area contributed by atoms with Crippen molar-refractivity contribution in [3.05, 3.63) is 77.5 Å². The largest absolute Gasteiger partial charge is 0.355 e. The molecule has 0 bridgehead atoms. The molecule has 0 saturated carbocycles. The van der Waals surface area contributed by atoms with Gasteiger partial charge in [-0.15, -0.1) is 0 Å². The molecule has 1 aliphatic rings. The fourth-order valence-electron chi connectivity index (χ4n) is 4.52. The van der Waals surface area contributed by atoms with E-state index in [1.807, 2.05) is 18.2 Å². The molecule has 0 aliphatic heterocycles. The van der Waals surface area contributed by atoms with Crippen LogP contribution in [-0.2, 0) is 12.8 Å². The van der Waals surface area contributed by atoms with Gasteiger partial charge in [0.2, 0.25) is 0 Å². The molecule has 4 rings (SSSR count). The van der Waals surface area contributed by atoms with Crippen LogP contribution in [0.25, 0.3) is 16.9 Å². The molecule has 2 aromatic carbocycles. The summed E-state index contributed by atoms with van der Waals surface area (Å²) in [6.07, 6.45) is 3.37. The molecule has 0 fully saturated rings. The van der Waals surface area contributed by atoms with Crippen molar-refractivity contribution >= 4 is 5.91 Å². The second-order valence-corrected chi connectivity index (χ2v) is 9.14. The van der Waals surface area contributed by atoms with Crippen LogP contribution in [0.4, 0.5) is 0 Å². The van der Waals surface area contributed by atoms with Crippen molar-refractivity contribution in [2.24, 2.45) is 11.3 Å². The van der Waals surface area contributed by atoms with E-state index in [0.29, 0.717) is 16.9 Å². The molecule has 3 nitrogen and oxygen atoms in total. The van der Waals surface area contributed by atoms with E-state index < -0.39 is 0 Å². The maximum Gasteiger partial charge on any atom is 0.251 e. The standard InChI is InChI=1S/C26H30N2O/c1-26(2,3)21-13-14-23-20(15-21)17-24(18-9-6-5-7-10-18)28(23)22-12-8-11-19(16-22)25(29)27-4/h5-12,16-17,21H,13-15H2,1-4H3,(H,27,29). The number of fused-ring (bicyclic) bond motifs is 1. The lowest BCUT2D eigenvalue weighted by Gasteiger charge is -2.34. The van der Waals surface area contributed by atoms with Crippen LogP contribution in [0.1, 0.15) is 48.8 Å². The Morgan fingerprint density at radius 2 is 1.79 bits per heavy atom. The SMILES string of the molecule is CNC(=O)c1cccc(-n2c(-c3ccccc3)cc3c2CCC(C(C)(C)C)C3)c1. The number of carbonyl (C=O) groups excluding carboxylic acids is 1. The van der Waals surface area contributed by atoms with Gasteiger partial charge in [-0.2, -0.15) is 0 Å². The van der Waals surface area contributed by atoms with Crippen molar-refractivity contribution in [3.63, 3.8) is 0 Å². The summed E-state index contributed by atoms with van der Waals surface area (Å²) in [5.41, 5.74) is 7.30. The van der Waals surface area contributed by atoms with Gasteiger partial charge in [0.05, 0.1) is 5.69 Å². The van der Waals surface area contributed by atoms with Gasteiger partial charge in [0.15, 0.2) is 0 Å². The van der Waals surface area contributed by atoms with Crippen LogP contribution >= 0.6 is 0 Å². The zero-order chi connectivity index (χ0) is 20.6. The number of hydrogen-bond acceptors (Lipinski definition) is 1. The summed E-state index contributed by atoms with van der Waals surface area (Å²) in [4.78, 5) is 12.2. The summed E-state index contributed by atoms with van der Waals surface area (Å²) in [5, 5.41) is 2.74. The number of carbonyl (C=O) groups is 1. The molecule has 1 unspecified atom stereocenters. The smallest absolute Gasteiger partial charge is 0.251 e. The molecule has 0 radical (unpaired) electrons. The topological polar surface area (TPSA) is 34.0 Å². The predicted octanol–water partition coefficient (Wildman–Crippen LogP) is 5.65. The van der Waals surface area contributed by atoms with E-state index in [0.717, 1.165) is 18.5 Å². The van der Waals surface area contributed by atoms with Crippen LogP contribution < -0.4 is 5.32 Å². The van der Waals surface area contributed by atoms with Crippen LogP contribution in [-0.4, -0.2) is 17.5 Å². The molecule has 3 heteroatoms. The monoisotopic (exact) mass is 386 g/mol. The van der Waals surface area contributed by atoms with Crippen LogP contribution in [0.5, 0.6) is 0 Å². The molecule has 1 aromatic heterocycles. The lowest BCUT2D eigenvalue weighted by atomic mass is 9.72. The Kier molecular flexibility index (Phi) is 5.08. The van der Waals surface area contributed by atoms with Crippen molar-refractivity contribution in [2.45, 2.75) is 40.0 Å². The van der Waals surface area contributed by atoms with Crippen LogP contribution in [0.2, 0.25) is 0 Å². The van der Waals surface area contributed by atoms with E-state index >= 15 is 0 Å². The zero-order valence-electron chi connectivity index (χ0n) is 17.8. The molecule has 0 saturated heterocycles. The van der Waals surface area contributed by atoms with Gasteiger partial charge >= 0.3 is 0 Å². The van der Waals surface area contributed by atoms with Gasteiger partial charge < -0.3 is 9.88 Å². The summed E-state index contributed by atoms with van der Waals surface area (Å²) in [6.45, 7) is 7.06. The lowest BCUT2D eigenvalue weighted by Crippen LogP contribution is -2.27. The number of benzene rings is 2. The number of hydrogen-bond donors (Lipinski definition) is 1. The summed E-state index contributed by atoms with van der Waals surface area (Å²) in [6, 6.07) is 20.9. The first kappa shape index (κ1) is 19.5. The third kappa shape index (κ3) is 3.74. The highest BCUT2D eigenvalue weighted by atomic mass is 16.1. The van der Waals surface area contributed by atoms with Crippen molar-refractivity contribution in [1.29, 1.82) is 0 Å². The summed E-state index contributed by atoms with van der Waals surface area (Å²) < 4.78 is 2.37. The van der Waals surface area contributed by atoms with Crippen molar-refractivity contribution in [2.75, 3.05) is 7.05 Å². The van der Waals surface area contributed by atoms with Crippen molar-refractivity contribution in [3.8, 4) is 16.9 Å². The van der Waals surface area contributed by atoms with Gasteiger partial charge in [0.1, 0.15) is 0 Å². The second-order valence-electron chi connectivity index (χ2n) is 9.14. The predicted molar refractivity (Wildman–Crippen MR) is 120 cm³/mol. The molecular weight excluding hydrogens is 356 g/mol. The number of aromatic nitrogens is 1. The molecule has 1 amide bonds. The third-order valence-corrected chi connectivity index (χ3v) is 6.28. The van der Waals surface area contributed by atoms with E-state index in [1.165, 1.54) is 28.9 Å². The van der Waals surface area contributed by atoms with Gasteiger partial charge in [-0.05, 0) is 66.0 Å². The van der Waals surface area contributed by atoms with E-state index in [4.69, 9.17) is 0 Å². The first-order chi connectivity index (χ1) is 13.9. The quantitative estimate of drug-likeness (QED) is 0.620. The highest BCUT2D eigenvalue weighted by Crippen LogP contribution is 2.41. The maximum atomic E-state index is 12.2.